The van der Waals surface area contributed by atoms with E-state index in [1.165, 1.54) is 15.2 Å². The number of anilines is 1. The average Bonchev–Trinajstić information content (AvgIpc) is 3.52. The molecule has 3 heterocycles. The van der Waals surface area contributed by atoms with Gasteiger partial charge in [-0.3, -0.25) is 19.0 Å². The lowest BCUT2D eigenvalue weighted by Crippen LogP contribution is -2.39. The molecule has 0 aromatic carbocycles. The van der Waals surface area contributed by atoms with Gasteiger partial charge >= 0.3 is 0 Å². The molecule has 2 aromatic rings. The number of nitrogens with one attached hydrogen (secondary N) is 2. The van der Waals surface area contributed by atoms with Gasteiger partial charge in [0, 0.05) is 38.8 Å². The lowest BCUT2D eigenvalue weighted by atomic mass is 10.2. The first-order valence-electron chi connectivity index (χ1n) is 11.2. The molecule has 2 aromatic heterocycles. The third-order valence-electron chi connectivity index (χ3n) is 5.68. The summed E-state index contributed by atoms with van der Waals surface area (Å²) in [6.07, 6.45) is 4.73. The van der Waals surface area contributed by atoms with Crippen LogP contribution in [0.4, 0.5) is 5.82 Å². The molecule has 1 aliphatic carbocycles. The first-order valence-corrected chi connectivity index (χ1v) is 11.2. The summed E-state index contributed by atoms with van der Waals surface area (Å²) in [6.45, 7) is 6.21. The Balaban J connectivity index is 1.84. The van der Waals surface area contributed by atoms with E-state index in [2.05, 4.69) is 15.7 Å². The molecule has 2 aliphatic rings. The van der Waals surface area contributed by atoms with Crippen LogP contribution in [0.15, 0.2) is 10.9 Å². The molecule has 1 aliphatic heterocycles. The molecule has 33 heavy (non-hydrogen) atoms. The molecular weight excluding hydrogens is 428 g/mol. The molecule has 11 heteroatoms. The molecule has 2 fully saturated rings. The summed E-state index contributed by atoms with van der Waals surface area (Å²) in [5, 5.41) is 21.0. The van der Waals surface area contributed by atoms with Crippen LogP contribution in [0, 0.1) is 5.92 Å². The van der Waals surface area contributed by atoms with Crippen LogP contribution in [0.3, 0.4) is 0 Å². The maximum atomic E-state index is 13.4. The van der Waals surface area contributed by atoms with Crippen molar-refractivity contribution in [3.05, 3.63) is 27.6 Å². The summed E-state index contributed by atoms with van der Waals surface area (Å²) < 4.78 is 7.93. The molecule has 1 saturated carbocycles. The highest BCUT2D eigenvalue weighted by atomic mass is 16.5. The van der Waals surface area contributed by atoms with E-state index in [0.29, 0.717) is 49.9 Å². The van der Waals surface area contributed by atoms with Crippen molar-refractivity contribution in [1.82, 2.24) is 24.4 Å². The maximum absolute atomic E-state index is 13.4. The Morgan fingerprint density at radius 2 is 1.97 bits per heavy atom. The minimum atomic E-state index is -0.611. The van der Waals surface area contributed by atoms with Gasteiger partial charge in [0.2, 0.25) is 11.8 Å². The van der Waals surface area contributed by atoms with Crippen molar-refractivity contribution in [2.75, 3.05) is 38.7 Å². The minimum absolute atomic E-state index is 0.0285. The number of nitrogens with zero attached hydrogens (tertiary/aromatic N) is 4. The Morgan fingerprint density at radius 3 is 2.58 bits per heavy atom. The fourth-order valence-corrected chi connectivity index (χ4v) is 3.86. The van der Waals surface area contributed by atoms with Crippen molar-refractivity contribution in [1.29, 1.82) is 0 Å². The Bertz CT molecular complexity index is 1150. The van der Waals surface area contributed by atoms with E-state index < -0.39 is 17.3 Å². The molecule has 4 rings (SSSR count). The van der Waals surface area contributed by atoms with Crippen molar-refractivity contribution in [2.45, 2.75) is 39.3 Å². The number of carbonyl (C=O) groups is 2. The minimum Gasteiger partial charge on any atom is -0.492 e. The fraction of sp³-hybridized carbons (Fsp3) is 0.545. The zero-order valence-corrected chi connectivity index (χ0v) is 19.1. The predicted octanol–water partition coefficient (Wildman–Crippen LogP) is 0.664. The second-order valence-corrected chi connectivity index (χ2v) is 8.77. The molecule has 11 nitrogen and oxygen atoms in total. The van der Waals surface area contributed by atoms with Crippen molar-refractivity contribution in [3.63, 3.8) is 0 Å². The number of rotatable bonds is 7. The van der Waals surface area contributed by atoms with Crippen LogP contribution in [0.1, 0.15) is 42.6 Å². The van der Waals surface area contributed by atoms with Crippen LogP contribution < -0.4 is 16.2 Å². The van der Waals surface area contributed by atoms with Gasteiger partial charge in [-0.2, -0.15) is 4.52 Å². The van der Waals surface area contributed by atoms with Crippen LogP contribution in [0.25, 0.3) is 11.7 Å². The van der Waals surface area contributed by atoms with Gasteiger partial charge in [-0.05, 0) is 24.8 Å². The molecule has 0 unspecified atom stereocenters. The lowest BCUT2D eigenvalue weighted by molar-refractivity contribution is -0.129. The number of ether oxygens (including phenoxy) is 1. The van der Waals surface area contributed by atoms with E-state index in [1.807, 2.05) is 13.8 Å². The summed E-state index contributed by atoms with van der Waals surface area (Å²) in [5.74, 6) is -0.866. The van der Waals surface area contributed by atoms with Gasteiger partial charge in [0.05, 0.1) is 18.8 Å². The number of aromatic hydroxyl groups is 1. The van der Waals surface area contributed by atoms with Crippen LogP contribution >= 0.6 is 0 Å². The van der Waals surface area contributed by atoms with Crippen LogP contribution in [-0.4, -0.2) is 75.4 Å². The van der Waals surface area contributed by atoms with Gasteiger partial charge in [0.1, 0.15) is 0 Å². The van der Waals surface area contributed by atoms with E-state index in [4.69, 9.17) is 4.74 Å². The van der Waals surface area contributed by atoms with Crippen molar-refractivity contribution in [3.8, 4) is 5.88 Å². The normalized spacial score (nSPS) is 16.7. The molecule has 0 atom stereocenters. The topological polar surface area (TPSA) is 130 Å². The van der Waals surface area contributed by atoms with E-state index in [9.17, 15) is 19.5 Å². The van der Waals surface area contributed by atoms with Gasteiger partial charge in [0.25, 0.3) is 11.5 Å². The SMILES string of the molecule is CNc1nn2c(O)c(C(=O)NC3CC3)c(=O)n(CC(C)C)c2c1/C=C/C(=O)N1CCOCC1. The fourth-order valence-electron chi connectivity index (χ4n) is 3.86. The summed E-state index contributed by atoms with van der Waals surface area (Å²) >= 11 is 0. The number of carbonyl (C=O) groups excluding carboxylic acids is 2. The molecule has 178 valence electrons. The number of hydrogen-bond donors (Lipinski definition) is 3. The van der Waals surface area contributed by atoms with Gasteiger partial charge in [0.15, 0.2) is 17.0 Å². The zero-order valence-electron chi connectivity index (χ0n) is 19.1. The van der Waals surface area contributed by atoms with E-state index in [0.717, 1.165) is 12.8 Å². The predicted molar refractivity (Wildman–Crippen MR) is 122 cm³/mol. The number of morpholine rings is 1. The van der Waals surface area contributed by atoms with Gasteiger partial charge in [-0.25, -0.2) is 0 Å². The first-order chi connectivity index (χ1) is 15.8. The van der Waals surface area contributed by atoms with Gasteiger partial charge < -0.3 is 25.4 Å². The molecule has 3 N–H and O–H groups in total. The second-order valence-electron chi connectivity index (χ2n) is 8.77. The number of aromatic nitrogens is 3. The summed E-state index contributed by atoms with van der Waals surface area (Å²) in [5.41, 5.74) is -0.144. The molecule has 0 radical (unpaired) electrons. The van der Waals surface area contributed by atoms with Crippen molar-refractivity contribution in [2.24, 2.45) is 5.92 Å². The Kier molecular flexibility index (Phi) is 6.41. The molecule has 0 bridgehead atoms. The number of amides is 2. The first kappa shape index (κ1) is 22.8. The third-order valence-corrected chi connectivity index (χ3v) is 5.68. The summed E-state index contributed by atoms with van der Waals surface area (Å²) in [6, 6.07) is 0.0285. The van der Waals surface area contributed by atoms with Gasteiger partial charge in [-0.1, -0.05) is 13.8 Å². The molecule has 1 saturated heterocycles. The Morgan fingerprint density at radius 1 is 1.27 bits per heavy atom. The highest BCUT2D eigenvalue weighted by Crippen LogP contribution is 2.27. The summed E-state index contributed by atoms with van der Waals surface area (Å²) in [7, 11) is 1.66. The smallest absolute Gasteiger partial charge is 0.270 e. The molecule has 2 amide bonds. The van der Waals surface area contributed by atoms with Crippen molar-refractivity contribution < 1.29 is 19.4 Å². The maximum Gasteiger partial charge on any atom is 0.270 e. The van der Waals surface area contributed by atoms with Crippen LogP contribution in [0.2, 0.25) is 0 Å². The second kappa shape index (κ2) is 9.26. The Hall–Kier alpha value is -3.34. The number of hydrogen-bond acceptors (Lipinski definition) is 7. The Labute approximate surface area is 191 Å². The largest absolute Gasteiger partial charge is 0.492 e. The highest BCUT2D eigenvalue weighted by Gasteiger charge is 2.30. The number of fused-ring (bicyclic) bond motifs is 1. The van der Waals surface area contributed by atoms with E-state index in [1.54, 1.807) is 18.0 Å². The van der Waals surface area contributed by atoms with Crippen LogP contribution in [0.5, 0.6) is 5.88 Å². The van der Waals surface area contributed by atoms with Crippen molar-refractivity contribution >= 4 is 29.4 Å². The van der Waals surface area contributed by atoms with Crippen LogP contribution in [-0.2, 0) is 16.1 Å². The molecule has 0 spiro atoms. The average molecular weight is 459 g/mol. The standard InChI is InChI=1S/C22H30N6O5/c1-13(2)12-27-20-15(6-7-16(29)26-8-10-33-11-9-26)18(23-3)25-28(20)22(32)17(21(27)31)19(30)24-14-4-5-14/h6-7,13-14,32H,4-5,8-12H2,1-3H3,(H,23,25)(H,24,30)/b7-6+. The van der Waals surface area contributed by atoms with E-state index in [-0.39, 0.29) is 23.4 Å². The summed E-state index contributed by atoms with van der Waals surface area (Å²) in [4.78, 5) is 40.5. The van der Waals surface area contributed by atoms with E-state index >= 15 is 0 Å². The lowest BCUT2D eigenvalue weighted by Gasteiger charge is -2.25. The van der Waals surface area contributed by atoms with Gasteiger partial charge in [-0.15, -0.1) is 5.10 Å². The quantitative estimate of drug-likeness (QED) is 0.520. The highest BCUT2D eigenvalue weighted by molar-refractivity contribution is 5.97. The third kappa shape index (κ3) is 4.58. The molecular formula is C22H30N6O5. The monoisotopic (exact) mass is 458 g/mol. The zero-order chi connectivity index (χ0) is 23.7.